The molecule has 0 radical (unpaired) electrons. The molecule has 25 heavy (non-hydrogen) atoms. The van der Waals surface area contributed by atoms with Gasteiger partial charge in [-0.05, 0) is 18.2 Å². The predicted molar refractivity (Wildman–Crippen MR) is 94.1 cm³/mol. The lowest BCUT2D eigenvalue weighted by Gasteiger charge is -2.05. The van der Waals surface area contributed by atoms with Crippen LogP contribution in [0.25, 0.3) is 11.4 Å². The molecule has 0 atom stereocenters. The van der Waals surface area contributed by atoms with E-state index in [1.54, 1.807) is 0 Å². The predicted octanol–water partition coefficient (Wildman–Crippen LogP) is 3.19. The number of rotatable bonds is 5. The van der Waals surface area contributed by atoms with E-state index in [0.717, 1.165) is 11.3 Å². The van der Waals surface area contributed by atoms with Gasteiger partial charge in [-0.1, -0.05) is 42.1 Å². The Hall–Kier alpha value is -2.80. The molecule has 7 heteroatoms. The lowest BCUT2D eigenvalue weighted by Crippen LogP contribution is -2.03. The monoisotopic (exact) mass is 353 g/mol. The van der Waals surface area contributed by atoms with Crippen molar-refractivity contribution in [1.29, 1.82) is 0 Å². The maximum atomic E-state index is 12.2. The van der Waals surface area contributed by atoms with Gasteiger partial charge in [-0.2, -0.15) is 0 Å². The van der Waals surface area contributed by atoms with Gasteiger partial charge in [0, 0.05) is 18.2 Å². The zero-order chi connectivity index (χ0) is 17.2. The van der Waals surface area contributed by atoms with Crippen LogP contribution in [0.1, 0.15) is 10.4 Å². The van der Waals surface area contributed by atoms with Crippen molar-refractivity contribution in [3.63, 3.8) is 0 Å². The summed E-state index contributed by atoms with van der Waals surface area (Å²) in [5, 5.41) is 9.14. The molecule has 0 amide bonds. The van der Waals surface area contributed by atoms with E-state index in [1.165, 1.54) is 11.8 Å². The van der Waals surface area contributed by atoms with Crippen LogP contribution in [0.3, 0.4) is 0 Å². The summed E-state index contributed by atoms with van der Waals surface area (Å²) in [7, 11) is 1.88. The molecule has 4 rings (SSSR count). The van der Waals surface area contributed by atoms with E-state index in [1.807, 2.05) is 60.1 Å². The number of hydrogen-bond donors (Lipinski definition) is 0. The molecule has 0 fully saturated rings. The number of fused-ring (bicyclic) bond motifs is 1. The SMILES string of the molecule is Cn1c(SCC(=O)c2ccccc2)nnc1-c1ccc2c(c1)OCO2. The Morgan fingerprint density at radius 3 is 2.76 bits per heavy atom. The van der Waals surface area contributed by atoms with Crippen LogP contribution >= 0.6 is 11.8 Å². The number of carbonyl (C=O) groups is 1. The van der Waals surface area contributed by atoms with Gasteiger partial charge in [0.2, 0.25) is 6.79 Å². The minimum absolute atomic E-state index is 0.0678. The Labute approximate surface area is 148 Å². The van der Waals surface area contributed by atoms with Crippen LogP contribution in [0.15, 0.2) is 53.7 Å². The number of hydrogen-bond acceptors (Lipinski definition) is 6. The van der Waals surface area contributed by atoms with Gasteiger partial charge in [0.15, 0.2) is 28.3 Å². The number of ether oxygens (including phenoxy) is 2. The van der Waals surface area contributed by atoms with Gasteiger partial charge in [-0.25, -0.2) is 0 Å². The number of carbonyl (C=O) groups excluding carboxylic acids is 1. The standard InChI is InChI=1S/C18H15N3O3S/c1-21-17(13-7-8-15-16(9-13)24-11-23-15)19-20-18(21)25-10-14(22)12-5-3-2-4-6-12/h2-9H,10-11H2,1H3. The third-order valence-corrected chi connectivity index (χ3v) is 4.91. The minimum atomic E-state index is 0.0678. The van der Waals surface area contributed by atoms with E-state index in [4.69, 9.17) is 9.47 Å². The molecule has 0 spiro atoms. The van der Waals surface area contributed by atoms with Crippen molar-refractivity contribution in [2.75, 3.05) is 12.5 Å². The molecule has 6 nitrogen and oxygen atoms in total. The van der Waals surface area contributed by atoms with Gasteiger partial charge in [-0.15, -0.1) is 10.2 Å². The highest BCUT2D eigenvalue weighted by atomic mass is 32.2. The molecule has 3 aromatic rings. The van der Waals surface area contributed by atoms with Crippen molar-refractivity contribution in [2.24, 2.45) is 7.05 Å². The highest BCUT2D eigenvalue weighted by Crippen LogP contribution is 2.35. The molecule has 0 saturated carbocycles. The van der Waals surface area contributed by atoms with Crippen LogP contribution in [-0.2, 0) is 7.05 Å². The molecule has 2 aromatic carbocycles. The van der Waals surface area contributed by atoms with Gasteiger partial charge in [0.1, 0.15) is 0 Å². The Bertz CT molecular complexity index is 925. The number of benzene rings is 2. The maximum absolute atomic E-state index is 12.2. The van der Waals surface area contributed by atoms with Crippen molar-refractivity contribution in [3.8, 4) is 22.9 Å². The summed E-state index contributed by atoms with van der Waals surface area (Å²) in [5.41, 5.74) is 1.59. The van der Waals surface area contributed by atoms with Gasteiger partial charge >= 0.3 is 0 Å². The zero-order valence-corrected chi connectivity index (χ0v) is 14.3. The molecule has 126 valence electrons. The van der Waals surface area contributed by atoms with Crippen LogP contribution in [-0.4, -0.2) is 33.1 Å². The van der Waals surface area contributed by atoms with Crippen molar-refractivity contribution < 1.29 is 14.3 Å². The van der Waals surface area contributed by atoms with E-state index >= 15 is 0 Å². The largest absolute Gasteiger partial charge is 0.454 e. The third kappa shape index (κ3) is 3.10. The topological polar surface area (TPSA) is 66.2 Å². The zero-order valence-electron chi connectivity index (χ0n) is 13.5. The van der Waals surface area contributed by atoms with Crippen molar-refractivity contribution in [2.45, 2.75) is 5.16 Å². The van der Waals surface area contributed by atoms with E-state index < -0.39 is 0 Å². The molecule has 0 bridgehead atoms. The molecule has 1 aliphatic rings. The van der Waals surface area contributed by atoms with E-state index in [0.29, 0.717) is 28.0 Å². The number of Topliss-reactive ketones (excluding diaryl/α,β-unsaturated/α-hetero) is 1. The normalized spacial score (nSPS) is 12.4. The number of aromatic nitrogens is 3. The second-order valence-electron chi connectivity index (χ2n) is 5.51. The Morgan fingerprint density at radius 1 is 1.12 bits per heavy atom. The van der Waals surface area contributed by atoms with E-state index in [-0.39, 0.29) is 12.6 Å². The first-order valence-corrected chi connectivity index (χ1v) is 8.71. The first kappa shape index (κ1) is 15.7. The molecular weight excluding hydrogens is 338 g/mol. The fourth-order valence-corrected chi connectivity index (χ4v) is 3.37. The molecule has 1 aliphatic heterocycles. The summed E-state index contributed by atoms with van der Waals surface area (Å²) in [6.07, 6.45) is 0. The summed E-state index contributed by atoms with van der Waals surface area (Å²) < 4.78 is 12.6. The van der Waals surface area contributed by atoms with Crippen LogP contribution in [0, 0.1) is 0 Å². The van der Waals surface area contributed by atoms with E-state index in [2.05, 4.69) is 10.2 Å². The summed E-state index contributed by atoms with van der Waals surface area (Å²) in [6.45, 7) is 0.236. The molecule has 1 aromatic heterocycles. The summed E-state index contributed by atoms with van der Waals surface area (Å²) >= 11 is 1.37. The summed E-state index contributed by atoms with van der Waals surface area (Å²) in [5.74, 6) is 2.53. The number of thioether (sulfide) groups is 1. The van der Waals surface area contributed by atoms with Crippen molar-refractivity contribution in [3.05, 3.63) is 54.1 Å². The summed E-state index contributed by atoms with van der Waals surface area (Å²) in [6, 6.07) is 14.9. The number of nitrogens with zero attached hydrogens (tertiary/aromatic N) is 3. The van der Waals surface area contributed by atoms with Crippen molar-refractivity contribution >= 4 is 17.5 Å². The van der Waals surface area contributed by atoms with E-state index in [9.17, 15) is 4.79 Å². The smallest absolute Gasteiger partial charge is 0.231 e. The fraction of sp³-hybridized carbons (Fsp3) is 0.167. The first-order valence-electron chi connectivity index (χ1n) is 7.73. The average Bonchev–Trinajstić information content (AvgIpc) is 3.26. The average molecular weight is 353 g/mol. The maximum Gasteiger partial charge on any atom is 0.231 e. The molecule has 0 aliphatic carbocycles. The Balaban J connectivity index is 1.50. The lowest BCUT2D eigenvalue weighted by molar-refractivity contribution is 0.102. The molecule has 0 unspecified atom stereocenters. The highest BCUT2D eigenvalue weighted by Gasteiger charge is 2.18. The summed E-state index contributed by atoms with van der Waals surface area (Å²) in [4.78, 5) is 12.2. The molecule has 0 N–H and O–H groups in total. The van der Waals surface area contributed by atoms with Crippen LogP contribution in [0.5, 0.6) is 11.5 Å². The van der Waals surface area contributed by atoms with Gasteiger partial charge in [0.05, 0.1) is 5.75 Å². The third-order valence-electron chi connectivity index (χ3n) is 3.89. The van der Waals surface area contributed by atoms with Crippen molar-refractivity contribution in [1.82, 2.24) is 14.8 Å². The lowest BCUT2D eigenvalue weighted by atomic mass is 10.2. The Kier molecular flexibility index (Phi) is 4.15. The van der Waals surface area contributed by atoms with Crippen LogP contribution in [0.2, 0.25) is 0 Å². The van der Waals surface area contributed by atoms with Crippen LogP contribution in [0.4, 0.5) is 0 Å². The molecule has 2 heterocycles. The Morgan fingerprint density at radius 2 is 1.92 bits per heavy atom. The number of ketones is 1. The molecule has 0 saturated heterocycles. The first-order chi connectivity index (χ1) is 12.2. The quantitative estimate of drug-likeness (QED) is 0.518. The van der Waals surface area contributed by atoms with Gasteiger partial charge in [0.25, 0.3) is 0 Å². The fourth-order valence-electron chi connectivity index (χ4n) is 2.57. The highest BCUT2D eigenvalue weighted by molar-refractivity contribution is 7.99. The second-order valence-corrected chi connectivity index (χ2v) is 6.45. The van der Waals surface area contributed by atoms with Gasteiger partial charge < -0.3 is 14.0 Å². The van der Waals surface area contributed by atoms with Gasteiger partial charge in [-0.3, -0.25) is 4.79 Å². The minimum Gasteiger partial charge on any atom is -0.454 e. The molecular formula is C18H15N3O3S. The second kappa shape index (κ2) is 6.60. The van der Waals surface area contributed by atoms with Crippen LogP contribution < -0.4 is 9.47 Å².